The molecule has 0 aliphatic rings. The topological polar surface area (TPSA) is 56.0 Å². The third kappa shape index (κ3) is 3.25. The molecule has 0 saturated heterocycles. The molecule has 20 heavy (non-hydrogen) atoms. The summed E-state index contributed by atoms with van der Waals surface area (Å²) in [4.78, 5) is 0.984. The van der Waals surface area contributed by atoms with Crippen molar-refractivity contribution in [3.63, 3.8) is 0 Å². The van der Waals surface area contributed by atoms with Crippen LogP contribution in [-0.2, 0) is 6.54 Å². The largest absolute Gasteiger partial charge is 0.508 e. The molecule has 0 atom stereocenters. The minimum atomic E-state index is 0.262. The maximum absolute atomic E-state index is 9.74. The average molecular weight is 284 g/mol. The molecule has 3 nitrogen and oxygen atoms in total. The Hall–Kier alpha value is -2.12. The molecular weight excluding hydrogens is 268 g/mol. The molecule has 2 rings (SSSR count). The van der Waals surface area contributed by atoms with Gasteiger partial charge in [-0.05, 0) is 24.0 Å². The Morgan fingerprint density at radius 1 is 1.20 bits per heavy atom. The second-order valence-corrected chi connectivity index (χ2v) is 5.51. The van der Waals surface area contributed by atoms with Crippen LogP contribution in [0.15, 0.2) is 47.4 Å². The van der Waals surface area contributed by atoms with Crippen LogP contribution in [0.25, 0.3) is 0 Å². The zero-order valence-corrected chi connectivity index (χ0v) is 12.1. The molecule has 0 fully saturated rings. The van der Waals surface area contributed by atoms with Crippen LogP contribution in [0, 0.1) is 11.3 Å². The number of phenolic OH excluding ortho intramolecular Hbond substituents is 1. The SMILES string of the molecule is CCSc1cccc(NCc2ccccc2O)c1C#N. The maximum atomic E-state index is 9.74. The second kappa shape index (κ2) is 6.88. The summed E-state index contributed by atoms with van der Waals surface area (Å²) < 4.78 is 0. The summed E-state index contributed by atoms with van der Waals surface area (Å²) >= 11 is 1.65. The minimum Gasteiger partial charge on any atom is -0.508 e. The van der Waals surface area contributed by atoms with Crippen LogP contribution in [0.2, 0.25) is 0 Å². The Morgan fingerprint density at radius 3 is 2.70 bits per heavy atom. The predicted octanol–water partition coefficient (Wildman–Crippen LogP) is 3.99. The molecule has 0 unspecified atom stereocenters. The van der Waals surface area contributed by atoms with Gasteiger partial charge in [0.1, 0.15) is 11.8 Å². The van der Waals surface area contributed by atoms with E-state index in [4.69, 9.17) is 0 Å². The van der Waals surface area contributed by atoms with Gasteiger partial charge in [-0.15, -0.1) is 11.8 Å². The average Bonchev–Trinajstić information content (AvgIpc) is 2.47. The number of phenols is 1. The predicted molar refractivity (Wildman–Crippen MR) is 83.0 cm³/mol. The monoisotopic (exact) mass is 284 g/mol. The summed E-state index contributed by atoms with van der Waals surface area (Å²) in [6.45, 7) is 2.55. The number of nitrogens with one attached hydrogen (secondary N) is 1. The van der Waals surface area contributed by atoms with E-state index >= 15 is 0 Å². The summed E-state index contributed by atoms with van der Waals surface area (Å²) in [6.07, 6.45) is 0. The van der Waals surface area contributed by atoms with Crippen LogP contribution in [0.4, 0.5) is 5.69 Å². The van der Waals surface area contributed by atoms with Crippen LogP contribution in [-0.4, -0.2) is 10.9 Å². The highest BCUT2D eigenvalue weighted by Gasteiger charge is 2.08. The van der Waals surface area contributed by atoms with E-state index in [1.165, 1.54) is 0 Å². The number of nitriles is 1. The second-order valence-electron chi connectivity index (χ2n) is 4.21. The van der Waals surface area contributed by atoms with Crippen LogP contribution < -0.4 is 5.32 Å². The minimum absolute atomic E-state index is 0.262. The van der Waals surface area contributed by atoms with Gasteiger partial charge in [0.25, 0.3) is 0 Å². The van der Waals surface area contributed by atoms with Gasteiger partial charge in [0.05, 0.1) is 11.3 Å². The van der Waals surface area contributed by atoms with Gasteiger partial charge in [-0.1, -0.05) is 31.2 Å². The van der Waals surface area contributed by atoms with Crippen molar-refractivity contribution < 1.29 is 5.11 Å². The van der Waals surface area contributed by atoms with E-state index in [1.54, 1.807) is 23.9 Å². The fourth-order valence-corrected chi connectivity index (χ4v) is 2.71. The quantitative estimate of drug-likeness (QED) is 0.815. The van der Waals surface area contributed by atoms with Crippen molar-refractivity contribution in [3.8, 4) is 11.8 Å². The lowest BCUT2D eigenvalue weighted by molar-refractivity contribution is 0.469. The van der Waals surface area contributed by atoms with Crippen molar-refractivity contribution in [1.29, 1.82) is 5.26 Å². The highest BCUT2D eigenvalue weighted by molar-refractivity contribution is 7.99. The van der Waals surface area contributed by atoms with Gasteiger partial charge >= 0.3 is 0 Å². The number of thioether (sulfide) groups is 1. The Labute approximate surface area is 123 Å². The molecule has 0 aromatic heterocycles. The molecule has 0 heterocycles. The number of anilines is 1. The molecule has 2 aromatic carbocycles. The van der Waals surface area contributed by atoms with Gasteiger partial charge in [0.15, 0.2) is 0 Å². The molecule has 0 amide bonds. The first kappa shape index (κ1) is 14.3. The Bertz CT molecular complexity index is 635. The van der Waals surface area contributed by atoms with Gasteiger partial charge in [-0.25, -0.2) is 0 Å². The number of hydrogen-bond acceptors (Lipinski definition) is 4. The third-order valence-corrected chi connectivity index (χ3v) is 3.84. The van der Waals surface area contributed by atoms with Crippen LogP contribution in [0.3, 0.4) is 0 Å². The van der Waals surface area contributed by atoms with Gasteiger partial charge in [0.2, 0.25) is 0 Å². The summed E-state index contributed by atoms with van der Waals surface area (Å²) in [7, 11) is 0. The third-order valence-electron chi connectivity index (χ3n) is 2.90. The van der Waals surface area contributed by atoms with Crippen LogP contribution >= 0.6 is 11.8 Å². The standard InChI is InChI=1S/C16H16N2OS/c1-2-20-16-9-5-7-14(13(16)10-17)18-11-12-6-3-4-8-15(12)19/h3-9,18-19H,2,11H2,1H3. The Kier molecular flexibility index (Phi) is 4.91. The lowest BCUT2D eigenvalue weighted by atomic mass is 10.1. The highest BCUT2D eigenvalue weighted by atomic mass is 32.2. The van der Waals surface area contributed by atoms with Crippen LogP contribution in [0.1, 0.15) is 18.1 Å². The Balaban J connectivity index is 2.20. The first-order chi connectivity index (χ1) is 9.76. The van der Waals surface area contributed by atoms with Crippen molar-refractivity contribution in [3.05, 3.63) is 53.6 Å². The Morgan fingerprint density at radius 2 is 2.00 bits per heavy atom. The van der Waals surface area contributed by atoms with E-state index in [9.17, 15) is 10.4 Å². The number of para-hydroxylation sites is 1. The van der Waals surface area contributed by atoms with E-state index < -0.39 is 0 Å². The lowest BCUT2D eigenvalue weighted by Gasteiger charge is -2.11. The maximum Gasteiger partial charge on any atom is 0.120 e. The summed E-state index contributed by atoms with van der Waals surface area (Å²) in [6, 6.07) is 15.2. The molecule has 0 bridgehead atoms. The zero-order valence-electron chi connectivity index (χ0n) is 11.3. The fraction of sp³-hybridized carbons (Fsp3) is 0.188. The van der Waals surface area contributed by atoms with Gasteiger partial charge in [0, 0.05) is 17.0 Å². The van der Waals surface area contributed by atoms with Crippen molar-refractivity contribution in [2.45, 2.75) is 18.4 Å². The van der Waals surface area contributed by atoms with Crippen molar-refractivity contribution in [1.82, 2.24) is 0 Å². The normalized spacial score (nSPS) is 10.0. The molecule has 102 valence electrons. The van der Waals surface area contributed by atoms with Gasteiger partial charge in [-0.3, -0.25) is 0 Å². The van der Waals surface area contributed by atoms with E-state index in [0.717, 1.165) is 21.9 Å². The summed E-state index contributed by atoms with van der Waals surface area (Å²) in [5.41, 5.74) is 2.27. The zero-order chi connectivity index (χ0) is 14.4. The van der Waals surface area contributed by atoms with Crippen molar-refractivity contribution in [2.75, 3.05) is 11.1 Å². The lowest BCUT2D eigenvalue weighted by Crippen LogP contribution is -2.02. The molecular formula is C16H16N2OS. The molecule has 4 heteroatoms. The molecule has 0 spiro atoms. The number of benzene rings is 2. The number of nitrogens with zero attached hydrogens (tertiary/aromatic N) is 1. The molecule has 2 N–H and O–H groups in total. The fourth-order valence-electron chi connectivity index (χ4n) is 1.92. The molecule has 0 saturated carbocycles. The molecule has 0 aliphatic heterocycles. The van der Waals surface area contributed by atoms with E-state index in [1.807, 2.05) is 30.3 Å². The van der Waals surface area contributed by atoms with E-state index in [-0.39, 0.29) is 5.75 Å². The summed E-state index contributed by atoms with van der Waals surface area (Å²) in [5.74, 6) is 1.19. The van der Waals surface area contributed by atoms with Crippen LogP contribution in [0.5, 0.6) is 5.75 Å². The number of rotatable bonds is 5. The number of hydrogen-bond donors (Lipinski definition) is 2. The van der Waals surface area contributed by atoms with Crippen molar-refractivity contribution >= 4 is 17.4 Å². The highest BCUT2D eigenvalue weighted by Crippen LogP contribution is 2.28. The van der Waals surface area contributed by atoms with E-state index in [2.05, 4.69) is 18.3 Å². The van der Waals surface area contributed by atoms with Crippen molar-refractivity contribution in [2.24, 2.45) is 0 Å². The number of aromatic hydroxyl groups is 1. The van der Waals surface area contributed by atoms with E-state index in [0.29, 0.717) is 12.1 Å². The van der Waals surface area contributed by atoms with Gasteiger partial charge in [-0.2, -0.15) is 5.26 Å². The molecule has 0 aliphatic carbocycles. The molecule has 0 radical (unpaired) electrons. The first-order valence-electron chi connectivity index (χ1n) is 6.43. The summed E-state index contributed by atoms with van der Waals surface area (Å²) in [5, 5.41) is 22.3. The smallest absolute Gasteiger partial charge is 0.120 e. The first-order valence-corrected chi connectivity index (χ1v) is 7.41. The van der Waals surface area contributed by atoms with Gasteiger partial charge < -0.3 is 10.4 Å². The molecule has 2 aromatic rings.